The summed E-state index contributed by atoms with van der Waals surface area (Å²) < 4.78 is 3.93. The molecule has 1 N–H and O–H groups in total. The molecule has 5 rings (SSSR count). The van der Waals surface area contributed by atoms with Gasteiger partial charge in [-0.15, -0.1) is 0 Å². The molecule has 0 radical (unpaired) electrons. The predicted molar refractivity (Wildman–Crippen MR) is 121 cm³/mol. The van der Waals surface area contributed by atoms with Gasteiger partial charge in [0.15, 0.2) is 0 Å². The number of amides is 1. The minimum absolute atomic E-state index is 0.151. The molecule has 152 valence electrons. The lowest BCUT2D eigenvalue weighted by Gasteiger charge is -2.09. The molecule has 0 saturated carbocycles. The number of rotatable bonds is 4. The molecule has 0 aliphatic rings. The summed E-state index contributed by atoms with van der Waals surface area (Å²) in [6.45, 7) is -0.151. The Bertz CT molecular complexity index is 1490. The van der Waals surface area contributed by atoms with Crippen molar-refractivity contribution in [2.75, 3.05) is 5.32 Å². The van der Waals surface area contributed by atoms with Gasteiger partial charge in [-0.3, -0.25) is 18.7 Å². The number of fused-ring (bicyclic) bond motifs is 2. The number of nitrogens with one attached hydrogen (secondary N) is 1. The van der Waals surface area contributed by atoms with Crippen LogP contribution in [0.2, 0.25) is 0 Å². The van der Waals surface area contributed by atoms with E-state index in [4.69, 9.17) is 0 Å². The maximum Gasteiger partial charge on any atom is 0.261 e. The number of carbonyl (C=O) groups excluding carboxylic acids is 1. The van der Waals surface area contributed by atoms with Crippen molar-refractivity contribution < 1.29 is 4.79 Å². The first-order valence-corrected chi connectivity index (χ1v) is 10.2. The average molecular weight is 475 g/mol. The molecule has 0 saturated heterocycles. The molecule has 2 aromatic carbocycles. The Morgan fingerprint density at radius 1 is 0.968 bits per heavy atom. The van der Waals surface area contributed by atoms with Crippen molar-refractivity contribution in [3.63, 3.8) is 0 Å². The Labute approximate surface area is 184 Å². The summed E-state index contributed by atoms with van der Waals surface area (Å²) in [7, 11) is 0. The fraction of sp³-hybridized carbons (Fsp3) is 0.0455. The number of carbonyl (C=O) groups is 1. The minimum Gasteiger partial charge on any atom is -0.323 e. The molecule has 31 heavy (non-hydrogen) atoms. The van der Waals surface area contributed by atoms with Gasteiger partial charge in [-0.05, 0) is 42.5 Å². The van der Waals surface area contributed by atoms with Gasteiger partial charge in [0.2, 0.25) is 5.91 Å². The topological polar surface area (TPSA) is 94.7 Å². The lowest BCUT2D eigenvalue weighted by Crippen LogP contribution is -2.28. The van der Waals surface area contributed by atoms with Gasteiger partial charge in [0.25, 0.3) is 5.56 Å². The van der Waals surface area contributed by atoms with Gasteiger partial charge in [0.05, 0.1) is 40.1 Å². The Morgan fingerprint density at radius 3 is 2.65 bits per heavy atom. The fourth-order valence-corrected chi connectivity index (χ4v) is 3.70. The van der Waals surface area contributed by atoms with Crippen LogP contribution in [0.4, 0.5) is 5.69 Å². The normalized spacial score (nSPS) is 11.1. The molecule has 0 aliphatic heterocycles. The van der Waals surface area contributed by atoms with E-state index in [1.807, 2.05) is 34.9 Å². The van der Waals surface area contributed by atoms with E-state index in [0.717, 1.165) is 15.5 Å². The second-order valence-electron chi connectivity index (χ2n) is 6.90. The SMILES string of the molecule is O=C(Cn1cnc2ccc(Br)cc2c1=O)Nc1ccc(-n2cnc3ccccc32)nc1. The highest BCUT2D eigenvalue weighted by atomic mass is 79.9. The average Bonchev–Trinajstić information content (AvgIpc) is 3.21. The molecule has 9 heteroatoms. The molecule has 0 spiro atoms. The third-order valence-electron chi connectivity index (χ3n) is 4.83. The first-order valence-electron chi connectivity index (χ1n) is 9.41. The van der Waals surface area contributed by atoms with Crippen molar-refractivity contribution in [1.29, 1.82) is 0 Å². The van der Waals surface area contributed by atoms with Crippen molar-refractivity contribution in [2.45, 2.75) is 6.54 Å². The van der Waals surface area contributed by atoms with E-state index >= 15 is 0 Å². The monoisotopic (exact) mass is 474 g/mol. The van der Waals surface area contributed by atoms with E-state index in [9.17, 15) is 9.59 Å². The summed E-state index contributed by atoms with van der Waals surface area (Å²) >= 11 is 3.35. The number of anilines is 1. The largest absolute Gasteiger partial charge is 0.323 e. The van der Waals surface area contributed by atoms with Crippen LogP contribution in [-0.2, 0) is 11.3 Å². The van der Waals surface area contributed by atoms with Crippen molar-refractivity contribution in [3.05, 3.63) is 88.3 Å². The number of benzene rings is 2. The van der Waals surface area contributed by atoms with Gasteiger partial charge in [-0.25, -0.2) is 15.0 Å². The summed E-state index contributed by atoms with van der Waals surface area (Å²) in [5.41, 5.74) is 2.66. The van der Waals surface area contributed by atoms with Crippen molar-refractivity contribution >= 4 is 49.5 Å². The van der Waals surface area contributed by atoms with E-state index in [1.54, 1.807) is 36.8 Å². The first-order chi connectivity index (χ1) is 15.1. The molecule has 8 nitrogen and oxygen atoms in total. The molecule has 3 heterocycles. The third-order valence-corrected chi connectivity index (χ3v) is 5.33. The number of halogens is 1. The van der Waals surface area contributed by atoms with Crippen LogP contribution in [0.25, 0.3) is 27.8 Å². The summed E-state index contributed by atoms with van der Waals surface area (Å²) in [6, 6.07) is 16.6. The van der Waals surface area contributed by atoms with Crippen LogP contribution in [0.1, 0.15) is 0 Å². The Balaban J connectivity index is 1.34. The van der Waals surface area contributed by atoms with Crippen LogP contribution >= 0.6 is 15.9 Å². The molecule has 0 aliphatic carbocycles. The number of nitrogens with zero attached hydrogens (tertiary/aromatic N) is 5. The maximum atomic E-state index is 12.7. The lowest BCUT2D eigenvalue weighted by atomic mass is 10.2. The molecule has 1 amide bonds. The van der Waals surface area contributed by atoms with Crippen LogP contribution in [0.15, 0.2) is 82.7 Å². The second kappa shape index (κ2) is 7.77. The molecule has 0 fully saturated rings. The lowest BCUT2D eigenvalue weighted by molar-refractivity contribution is -0.116. The van der Waals surface area contributed by atoms with Gasteiger partial charge in [0.1, 0.15) is 18.7 Å². The zero-order valence-electron chi connectivity index (χ0n) is 16.1. The maximum absolute atomic E-state index is 12.7. The standard InChI is InChI=1S/C22H15BrN6O2/c23-14-5-7-17-16(9-14)22(31)28(12-25-17)11-21(30)27-15-6-8-20(24-10-15)29-13-26-18-3-1-2-4-19(18)29/h1-10,12-13H,11H2,(H,27,30). The van der Waals surface area contributed by atoms with Gasteiger partial charge in [-0.1, -0.05) is 28.1 Å². The summed E-state index contributed by atoms with van der Waals surface area (Å²) in [4.78, 5) is 38.2. The van der Waals surface area contributed by atoms with Gasteiger partial charge >= 0.3 is 0 Å². The van der Waals surface area contributed by atoms with E-state index in [0.29, 0.717) is 22.4 Å². The predicted octanol–water partition coefficient (Wildman–Crippen LogP) is 3.53. The van der Waals surface area contributed by atoms with Crippen LogP contribution in [0, 0.1) is 0 Å². The molecule has 3 aromatic heterocycles. The molecule has 0 bridgehead atoms. The van der Waals surface area contributed by atoms with Crippen LogP contribution in [0.5, 0.6) is 0 Å². The minimum atomic E-state index is -0.346. The third kappa shape index (κ3) is 3.71. The molecular formula is C22H15BrN6O2. The molecular weight excluding hydrogens is 460 g/mol. The fourth-order valence-electron chi connectivity index (χ4n) is 3.34. The smallest absolute Gasteiger partial charge is 0.261 e. The molecule has 5 aromatic rings. The van der Waals surface area contributed by atoms with E-state index in [-0.39, 0.29) is 18.0 Å². The van der Waals surface area contributed by atoms with Gasteiger partial charge in [-0.2, -0.15) is 0 Å². The highest BCUT2D eigenvalue weighted by Gasteiger charge is 2.10. The van der Waals surface area contributed by atoms with Gasteiger partial charge in [0, 0.05) is 4.47 Å². The van der Waals surface area contributed by atoms with Crippen LogP contribution in [0.3, 0.4) is 0 Å². The second-order valence-corrected chi connectivity index (χ2v) is 7.81. The van der Waals surface area contributed by atoms with Gasteiger partial charge < -0.3 is 5.32 Å². The van der Waals surface area contributed by atoms with E-state index < -0.39 is 0 Å². The highest BCUT2D eigenvalue weighted by molar-refractivity contribution is 9.10. The van der Waals surface area contributed by atoms with Crippen molar-refractivity contribution in [1.82, 2.24) is 24.1 Å². The van der Waals surface area contributed by atoms with E-state index in [2.05, 4.69) is 36.2 Å². The number of pyridine rings is 1. The number of para-hydroxylation sites is 2. The summed E-state index contributed by atoms with van der Waals surface area (Å²) in [6.07, 6.45) is 4.66. The number of aromatic nitrogens is 5. The van der Waals surface area contributed by atoms with E-state index in [1.165, 1.54) is 10.9 Å². The van der Waals surface area contributed by atoms with Crippen LogP contribution < -0.4 is 10.9 Å². The summed E-state index contributed by atoms with van der Waals surface area (Å²) in [5, 5.41) is 3.21. The Kier molecular flexibility index (Phi) is 4.79. The van der Waals surface area contributed by atoms with Crippen LogP contribution in [-0.4, -0.2) is 30.0 Å². The van der Waals surface area contributed by atoms with Crippen molar-refractivity contribution in [2.24, 2.45) is 0 Å². The zero-order valence-corrected chi connectivity index (χ0v) is 17.7. The number of hydrogen-bond donors (Lipinski definition) is 1. The number of imidazole rings is 1. The van der Waals surface area contributed by atoms with Crippen molar-refractivity contribution in [3.8, 4) is 5.82 Å². The Morgan fingerprint density at radius 2 is 1.81 bits per heavy atom. The quantitative estimate of drug-likeness (QED) is 0.429. The molecule has 0 unspecified atom stereocenters. The summed E-state index contributed by atoms with van der Waals surface area (Å²) in [5.74, 6) is 0.341. The molecule has 0 atom stereocenters. The zero-order chi connectivity index (χ0) is 21.4. The first kappa shape index (κ1) is 19.1. The Hall–Kier alpha value is -3.85. The number of hydrogen-bond acceptors (Lipinski definition) is 5. The highest BCUT2D eigenvalue weighted by Crippen LogP contribution is 2.18.